The number of benzene rings is 1. The van der Waals surface area contributed by atoms with Crippen molar-refractivity contribution in [3.8, 4) is 0 Å². The van der Waals surface area contributed by atoms with Gasteiger partial charge in [-0.3, -0.25) is 9.59 Å². The minimum Gasteiger partial charge on any atom is -0.339 e. The highest BCUT2D eigenvalue weighted by molar-refractivity contribution is 5.94. The number of piperazine rings is 1. The van der Waals surface area contributed by atoms with E-state index in [0.717, 1.165) is 6.42 Å². The second-order valence-electron chi connectivity index (χ2n) is 5.26. The third-order valence-electron chi connectivity index (χ3n) is 3.89. The topological polar surface area (TPSA) is 66.6 Å². The van der Waals surface area contributed by atoms with E-state index < -0.39 is 0 Å². The van der Waals surface area contributed by atoms with Crippen LogP contribution in [0.4, 0.5) is 0 Å². The SMILES string of the molecule is CCc1ccc(C(=O)N2CCN(C(=O)CCN)CC2)cc1. The first-order chi connectivity index (χ1) is 10.2. The highest BCUT2D eigenvalue weighted by Crippen LogP contribution is 2.11. The van der Waals surface area contributed by atoms with E-state index in [1.54, 1.807) is 4.90 Å². The second kappa shape index (κ2) is 7.22. The van der Waals surface area contributed by atoms with Crippen LogP contribution < -0.4 is 5.73 Å². The molecule has 0 unspecified atom stereocenters. The van der Waals surface area contributed by atoms with Crippen molar-refractivity contribution in [2.75, 3.05) is 32.7 Å². The quantitative estimate of drug-likeness (QED) is 0.895. The van der Waals surface area contributed by atoms with Crippen molar-refractivity contribution >= 4 is 11.8 Å². The Morgan fingerprint density at radius 1 is 1.05 bits per heavy atom. The molecule has 1 heterocycles. The van der Waals surface area contributed by atoms with E-state index in [0.29, 0.717) is 44.7 Å². The molecule has 1 fully saturated rings. The summed E-state index contributed by atoms with van der Waals surface area (Å²) >= 11 is 0. The van der Waals surface area contributed by atoms with Crippen LogP contribution in [0.5, 0.6) is 0 Å². The van der Waals surface area contributed by atoms with Crippen molar-refractivity contribution in [3.05, 3.63) is 35.4 Å². The van der Waals surface area contributed by atoms with E-state index in [4.69, 9.17) is 5.73 Å². The third kappa shape index (κ3) is 3.82. The first-order valence-corrected chi connectivity index (χ1v) is 7.51. The Bertz CT molecular complexity index is 491. The van der Waals surface area contributed by atoms with Gasteiger partial charge in [-0.25, -0.2) is 0 Å². The number of carbonyl (C=O) groups is 2. The van der Waals surface area contributed by atoms with Crippen LogP contribution in [-0.4, -0.2) is 54.3 Å². The van der Waals surface area contributed by atoms with E-state index in [2.05, 4.69) is 6.92 Å². The lowest BCUT2D eigenvalue weighted by Gasteiger charge is -2.34. The van der Waals surface area contributed by atoms with E-state index in [1.165, 1.54) is 5.56 Å². The molecule has 0 aromatic heterocycles. The van der Waals surface area contributed by atoms with Crippen LogP contribution in [0.1, 0.15) is 29.3 Å². The molecular formula is C16H23N3O2. The fraction of sp³-hybridized carbons (Fsp3) is 0.500. The van der Waals surface area contributed by atoms with Gasteiger partial charge < -0.3 is 15.5 Å². The van der Waals surface area contributed by atoms with Crippen molar-refractivity contribution in [3.63, 3.8) is 0 Å². The summed E-state index contributed by atoms with van der Waals surface area (Å²) in [4.78, 5) is 27.8. The highest BCUT2D eigenvalue weighted by atomic mass is 16.2. The van der Waals surface area contributed by atoms with E-state index in [1.807, 2.05) is 29.2 Å². The van der Waals surface area contributed by atoms with Gasteiger partial charge in [0, 0.05) is 44.7 Å². The molecule has 0 saturated carbocycles. The summed E-state index contributed by atoms with van der Waals surface area (Å²) in [6.07, 6.45) is 1.35. The molecule has 21 heavy (non-hydrogen) atoms. The summed E-state index contributed by atoms with van der Waals surface area (Å²) in [7, 11) is 0. The van der Waals surface area contributed by atoms with Crippen LogP contribution in [0, 0.1) is 0 Å². The molecular weight excluding hydrogens is 266 g/mol. The van der Waals surface area contributed by atoms with Gasteiger partial charge in [-0.1, -0.05) is 19.1 Å². The van der Waals surface area contributed by atoms with Gasteiger partial charge in [0.2, 0.25) is 5.91 Å². The molecule has 1 saturated heterocycles. The smallest absolute Gasteiger partial charge is 0.253 e. The van der Waals surface area contributed by atoms with Gasteiger partial charge >= 0.3 is 0 Å². The molecule has 0 radical (unpaired) electrons. The average molecular weight is 289 g/mol. The number of nitrogens with zero attached hydrogens (tertiary/aromatic N) is 2. The van der Waals surface area contributed by atoms with Crippen molar-refractivity contribution in [1.82, 2.24) is 9.80 Å². The Morgan fingerprint density at radius 2 is 1.62 bits per heavy atom. The number of amides is 2. The number of carbonyl (C=O) groups excluding carboxylic acids is 2. The maximum Gasteiger partial charge on any atom is 0.253 e. The summed E-state index contributed by atoms with van der Waals surface area (Å²) in [6, 6.07) is 7.75. The molecule has 2 rings (SSSR count). The maximum atomic E-state index is 12.4. The molecule has 1 aliphatic rings. The zero-order chi connectivity index (χ0) is 15.2. The summed E-state index contributed by atoms with van der Waals surface area (Å²) in [5.74, 6) is 0.125. The first kappa shape index (κ1) is 15.5. The number of nitrogens with two attached hydrogens (primary N) is 1. The Hall–Kier alpha value is -1.88. The average Bonchev–Trinajstić information content (AvgIpc) is 2.54. The predicted octanol–water partition coefficient (Wildman–Crippen LogP) is 0.882. The summed E-state index contributed by atoms with van der Waals surface area (Å²) < 4.78 is 0. The lowest BCUT2D eigenvalue weighted by atomic mass is 10.1. The normalized spacial score (nSPS) is 15.1. The molecule has 114 valence electrons. The molecule has 0 spiro atoms. The Labute approximate surface area is 125 Å². The van der Waals surface area contributed by atoms with Crippen LogP contribution in [0.25, 0.3) is 0 Å². The van der Waals surface area contributed by atoms with Gasteiger partial charge in [-0.05, 0) is 24.1 Å². The van der Waals surface area contributed by atoms with Crippen molar-refractivity contribution in [1.29, 1.82) is 0 Å². The lowest BCUT2D eigenvalue weighted by Crippen LogP contribution is -2.50. The van der Waals surface area contributed by atoms with Crippen molar-refractivity contribution in [2.24, 2.45) is 5.73 Å². The third-order valence-corrected chi connectivity index (χ3v) is 3.89. The van der Waals surface area contributed by atoms with Gasteiger partial charge in [0.15, 0.2) is 0 Å². The molecule has 5 nitrogen and oxygen atoms in total. The highest BCUT2D eigenvalue weighted by Gasteiger charge is 2.24. The largest absolute Gasteiger partial charge is 0.339 e. The van der Waals surface area contributed by atoms with Crippen LogP contribution in [0.15, 0.2) is 24.3 Å². The van der Waals surface area contributed by atoms with Crippen LogP contribution in [0.2, 0.25) is 0 Å². The number of hydrogen-bond donors (Lipinski definition) is 1. The molecule has 2 N–H and O–H groups in total. The zero-order valence-electron chi connectivity index (χ0n) is 12.5. The molecule has 0 bridgehead atoms. The molecule has 1 aromatic rings. The monoisotopic (exact) mass is 289 g/mol. The van der Waals surface area contributed by atoms with Gasteiger partial charge in [-0.2, -0.15) is 0 Å². The Kier molecular flexibility index (Phi) is 5.33. The summed E-state index contributed by atoms with van der Waals surface area (Å²) in [5.41, 5.74) is 7.34. The van der Waals surface area contributed by atoms with E-state index >= 15 is 0 Å². The molecule has 1 aliphatic heterocycles. The van der Waals surface area contributed by atoms with Crippen LogP contribution >= 0.6 is 0 Å². The molecule has 0 atom stereocenters. The van der Waals surface area contributed by atoms with Gasteiger partial charge in [0.05, 0.1) is 0 Å². The maximum absolute atomic E-state index is 12.4. The van der Waals surface area contributed by atoms with Crippen LogP contribution in [0.3, 0.4) is 0 Å². The van der Waals surface area contributed by atoms with Gasteiger partial charge in [0.25, 0.3) is 5.91 Å². The molecule has 1 aromatic carbocycles. The standard InChI is InChI=1S/C16H23N3O2/c1-2-13-3-5-14(6-4-13)16(21)19-11-9-18(10-12-19)15(20)7-8-17/h3-6H,2,7-12,17H2,1H3. The first-order valence-electron chi connectivity index (χ1n) is 7.51. The predicted molar refractivity (Wildman–Crippen MR) is 82.0 cm³/mol. The Morgan fingerprint density at radius 3 is 2.14 bits per heavy atom. The van der Waals surface area contributed by atoms with Crippen LogP contribution in [-0.2, 0) is 11.2 Å². The van der Waals surface area contributed by atoms with E-state index in [9.17, 15) is 9.59 Å². The second-order valence-corrected chi connectivity index (χ2v) is 5.26. The fourth-order valence-electron chi connectivity index (χ4n) is 2.51. The minimum absolute atomic E-state index is 0.0450. The Balaban J connectivity index is 1.92. The van der Waals surface area contributed by atoms with Crippen molar-refractivity contribution in [2.45, 2.75) is 19.8 Å². The van der Waals surface area contributed by atoms with Gasteiger partial charge in [0.1, 0.15) is 0 Å². The van der Waals surface area contributed by atoms with E-state index in [-0.39, 0.29) is 11.8 Å². The number of hydrogen-bond acceptors (Lipinski definition) is 3. The summed E-state index contributed by atoms with van der Waals surface area (Å²) in [6.45, 7) is 4.83. The molecule has 5 heteroatoms. The summed E-state index contributed by atoms with van der Waals surface area (Å²) in [5, 5.41) is 0. The molecule has 0 aliphatic carbocycles. The fourth-order valence-corrected chi connectivity index (χ4v) is 2.51. The number of rotatable bonds is 4. The number of aryl methyl sites for hydroxylation is 1. The minimum atomic E-state index is 0.0450. The zero-order valence-corrected chi connectivity index (χ0v) is 12.5. The molecule has 2 amide bonds. The van der Waals surface area contributed by atoms with Gasteiger partial charge in [-0.15, -0.1) is 0 Å². The lowest BCUT2D eigenvalue weighted by molar-refractivity contribution is -0.132. The van der Waals surface area contributed by atoms with Crippen molar-refractivity contribution < 1.29 is 9.59 Å².